The smallest absolute Gasteiger partial charge is 0.251 e. The molecule has 9 heteroatoms. The normalized spacial score (nSPS) is 22.9. The quantitative estimate of drug-likeness (QED) is 0.768. The SMILES string of the molecule is COCc1cn(C[C@H]2OC[C@H](O)[C@H]2NC(=O)c2cccc(F)c2)nn1. The summed E-state index contributed by atoms with van der Waals surface area (Å²) in [7, 11) is 1.56. The van der Waals surface area contributed by atoms with Crippen molar-refractivity contribution < 1.29 is 23.8 Å². The van der Waals surface area contributed by atoms with Crippen molar-refractivity contribution in [3.05, 3.63) is 47.5 Å². The molecule has 2 N–H and O–H groups in total. The number of nitrogens with one attached hydrogen (secondary N) is 1. The molecule has 1 saturated heterocycles. The topological polar surface area (TPSA) is 98.5 Å². The molecule has 1 aliphatic rings. The standard InChI is InChI=1S/C16H19FN4O4/c1-24-8-12-6-21(20-19-12)7-14-15(13(22)9-25-14)18-16(23)10-3-2-4-11(17)5-10/h2-6,13-15,22H,7-9H2,1H3,(H,18,23)/t13-,14+,15+/m0/s1. The molecule has 1 aliphatic heterocycles. The number of carbonyl (C=O) groups excluding carboxylic acids is 1. The lowest BCUT2D eigenvalue weighted by atomic mass is 10.1. The van der Waals surface area contributed by atoms with E-state index in [0.29, 0.717) is 18.8 Å². The summed E-state index contributed by atoms with van der Waals surface area (Å²) in [5.41, 5.74) is 0.849. The molecule has 25 heavy (non-hydrogen) atoms. The van der Waals surface area contributed by atoms with Crippen LogP contribution in [0.15, 0.2) is 30.5 Å². The Balaban J connectivity index is 1.66. The van der Waals surface area contributed by atoms with Crippen LogP contribution in [0.2, 0.25) is 0 Å². The van der Waals surface area contributed by atoms with E-state index in [9.17, 15) is 14.3 Å². The molecule has 0 radical (unpaired) electrons. The van der Waals surface area contributed by atoms with Gasteiger partial charge in [-0.05, 0) is 18.2 Å². The van der Waals surface area contributed by atoms with Crippen LogP contribution in [-0.4, -0.2) is 58.0 Å². The van der Waals surface area contributed by atoms with Gasteiger partial charge < -0.3 is 19.9 Å². The van der Waals surface area contributed by atoms with E-state index in [-0.39, 0.29) is 12.2 Å². The van der Waals surface area contributed by atoms with Crippen LogP contribution in [0.1, 0.15) is 16.1 Å². The Morgan fingerprint density at radius 3 is 3.16 bits per heavy atom. The molecule has 0 unspecified atom stereocenters. The Morgan fingerprint density at radius 1 is 1.56 bits per heavy atom. The van der Waals surface area contributed by atoms with Crippen molar-refractivity contribution in [2.45, 2.75) is 31.4 Å². The first-order valence-corrected chi connectivity index (χ1v) is 7.81. The molecule has 1 aromatic heterocycles. The van der Waals surface area contributed by atoms with E-state index in [0.717, 1.165) is 6.07 Å². The molecule has 2 heterocycles. The van der Waals surface area contributed by atoms with Crippen molar-refractivity contribution in [2.75, 3.05) is 13.7 Å². The third kappa shape index (κ3) is 4.19. The zero-order valence-corrected chi connectivity index (χ0v) is 13.6. The van der Waals surface area contributed by atoms with Gasteiger partial charge in [0.1, 0.15) is 23.7 Å². The first-order chi connectivity index (χ1) is 12.1. The van der Waals surface area contributed by atoms with Gasteiger partial charge in [0.2, 0.25) is 0 Å². The number of carbonyl (C=O) groups is 1. The lowest BCUT2D eigenvalue weighted by Gasteiger charge is -2.21. The highest BCUT2D eigenvalue weighted by Gasteiger charge is 2.37. The van der Waals surface area contributed by atoms with Crippen molar-refractivity contribution in [3.8, 4) is 0 Å². The lowest BCUT2D eigenvalue weighted by Crippen LogP contribution is -2.48. The Morgan fingerprint density at radius 2 is 2.40 bits per heavy atom. The van der Waals surface area contributed by atoms with Crippen LogP contribution >= 0.6 is 0 Å². The molecule has 0 aliphatic carbocycles. The van der Waals surface area contributed by atoms with E-state index < -0.39 is 30.0 Å². The largest absolute Gasteiger partial charge is 0.388 e. The van der Waals surface area contributed by atoms with Crippen LogP contribution in [0, 0.1) is 5.82 Å². The molecule has 3 rings (SSSR count). The first kappa shape index (κ1) is 17.5. The van der Waals surface area contributed by atoms with E-state index in [2.05, 4.69) is 15.6 Å². The van der Waals surface area contributed by atoms with Crippen molar-refractivity contribution in [1.29, 1.82) is 0 Å². The maximum Gasteiger partial charge on any atom is 0.251 e. The number of aromatic nitrogens is 3. The summed E-state index contributed by atoms with van der Waals surface area (Å²) in [4.78, 5) is 12.3. The summed E-state index contributed by atoms with van der Waals surface area (Å²) >= 11 is 0. The number of hydrogen-bond donors (Lipinski definition) is 2. The van der Waals surface area contributed by atoms with Crippen LogP contribution in [0.25, 0.3) is 0 Å². The Bertz CT molecular complexity index is 738. The third-order valence-corrected chi connectivity index (χ3v) is 3.93. The zero-order valence-electron chi connectivity index (χ0n) is 13.6. The molecule has 3 atom stereocenters. The van der Waals surface area contributed by atoms with Crippen LogP contribution in [0.5, 0.6) is 0 Å². The average molecular weight is 350 g/mol. The molecule has 1 amide bonds. The van der Waals surface area contributed by atoms with Crippen LogP contribution in [0.3, 0.4) is 0 Å². The summed E-state index contributed by atoms with van der Waals surface area (Å²) in [5.74, 6) is -0.974. The summed E-state index contributed by atoms with van der Waals surface area (Å²) in [6, 6.07) is 4.72. The number of amides is 1. The van der Waals surface area contributed by atoms with Gasteiger partial charge in [0.25, 0.3) is 5.91 Å². The van der Waals surface area contributed by atoms with Gasteiger partial charge in [-0.15, -0.1) is 5.10 Å². The monoisotopic (exact) mass is 350 g/mol. The number of rotatable bonds is 6. The minimum atomic E-state index is -0.857. The molecule has 8 nitrogen and oxygen atoms in total. The van der Waals surface area contributed by atoms with Gasteiger partial charge in [0.05, 0.1) is 32.0 Å². The van der Waals surface area contributed by atoms with Gasteiger partial charge in [0.15, 0.2) is 0 Å². The fourth-order valence-electron chi connectivity index (χ4n) is 2.72. The van der Waals surface area contributed by atoms with Gasteiger partial charge in [-0.25, -0.2) is 9.07 Å². The molecule has 134 valence electrons. The maximum atomic E-state index is 13.3. The maximum absolute atomic E-state index is 13.3. The van der Waals surface area contributed by atoms with Gasteiger partial charge in [-0.3, -0.25) is 4.79 Å². The molecular weight excluding hydrogens is 331 g/mol. The molecular formula is C16H19FN4O4. The molecule has 0 saturated carbocycles. The predicted molar refractivity (Wildman–Crippen MR) is 84.1 cm³/mol. The second-order valence-corrected chi connectivity index (χ2v) is 5.81. The molecule has 1 aromatic carbocycles. The van der Waals surface area contributed by atoms with Gasteiger partial charge >= 0.3 is 0 Å². The van der Waals surface area contributed by atoms with Crippen molar-refractivity contribution in [3.63, 3.8) is 0 Å². The Labute approximate surface area is 143 Å². The highest BCUT2D eigenvalue weighted by molar-refractivity contribution is 5.94. The third-order valence-electron chi connectivity index (χ3n) is 3.93. The number of methoxy groups -OCH3 is 1. The van der Waals surface area contributed by atoms with Gasteiger partial charge in [-0.1, -0.05) is 11.3 Å². The Kier molecular flexibility index (Phi) is 5.37. The second-order valence-electron chi connectivity index (χ2n) is 5.81. The number of halogens is 1. The number of hydrogen-bond acceptors (Lipinski definition) is 6. The fourth-order valence-corrected chi connectivity index (χ4v) is 2.72. The van der Waals surface area contributed by atoms with E-state index in [1.54, 1.807) is 18.0 Å². The number of ether oxygens (including phenoxy) is 2. The van der Waals surface area contributed by atoms with E-state index in [1.807, 2.05) is 0 Å². The summed E-state index contributed by atoms with van der Waals surface area (Å²) in [5, 5.41) is 20.7. The minimum Gasteiger partial charge on any atom is -0.388 e. The van der Waals surface area contributed by atoms with E-state index in [1.165, 1.54) is 18.2 Å². The number of nitrogens with zero attached hydrogens (tertiary/aromatic N) is 3. The lowest BCUT2D eigenvalue weighted by molar-refractivity contribution is 0.0711. The predicted octanol–water partition coefficient (Wildman–Crippen LogP) is 0.122. The van der Waals surface area contributed by atoms with Crippen molar-refractivity contribution in [1.82, 2.24) is 20.3 Å². The first-order valence-electron chi connectivity index (χ1n) is 7.81. The number of aliphatic hydroxyl groups is 1. The highest BCUT2D eigenvalue weighted by Crippen LogP contribution is 2.17. The summed E-state index contributed by atoms with van der Waals surface area (Å²) < 4.78 is 25.4. The average Bonchev–Trinajstić information content (AvgIpc) is 3.17. The molecule has 0 bridgehead atoms. The van der Waals surface area contributed by atoms with Gasteiger partial charge in [-0.2, -0.15) is 0 Å². The highest BCUT2D eigenvalue weighted by atomic mass is 19.1. The molecule has 2 aromatic rings. The van der Waals surface area contributed by atoms with Crippen LogP contribution < -0.4 is 5.32 Å². The zero-order chi connectivity index (χ0) is 17.8. The van der Waals surface area contributed by atoms with Crippen LogP contribution in [0.4, 0.5) is 4.39 Å². The van der Waals surface area contributed by atoms with Crippen molar-refractivity contribution >= 4 is 5.91 Å². The van der Waals surface area contributed by atoms with Crippen LogP contribution in [-0.2, 0) is 22.6 Å². The minimum absolute atomic E-state index is 0.0956. The molecule has 1 fully saturated rings. The van der Waals surface area contributed by atoms with Gasteiger partial charge in [0, 0.05) is 12.7 Å². The number of aliphatic hydroxyl groups excluding tert-OH is 1. The molecule has 0 spiro atoms. The Hall–Kier alpha value is -2.36. The van der Waals surface area contributed by atoms with Crippen molar-refractivity contribution in [2.24, 2.45) is 0 Å². The summed E-state index contributed by atoms with van der Waals surface area (Å²) in [6.07, 6.45) is 0.373. The summed E-state index contributed by atoms with van der Waals surface area (Å²) in [6.45, 7) is 0.744. The van der Waals surface area contributed by atoms with E-state index >= 15 is 0 Å². The number of benzene rings is 1. The fraction of sp³-hybridized carbons (Fsp3) is 0.438. The second kappa shape index (κ2) is 7.68. The van der Waals surface area contributed by atoms with E-state index in [4.69, 9.17) is 9.47 Å².